The summed E-state index contributed by atoms with van der Waals surface area (Å²) in [5.41, 5.74) is 1.89. The third-order valence-electron chi connectivity index (χ3n) is 5.76. The van der Waals surface area contributed by atoms with E-state index in [2.05, 4.69) is 0 Å². The van der Waals surface area contributed by atoms with Crippen molar-refractivity contribution in [2.24, 2.45) is 0 Å². The van der Waals surface area contributed by atoms with E-state index in [1.165, 1.54) is 21.3 Å². The molecule has 30 heavy (non-hydrogen) atoms. The van der Waals surface area contributed by atoms with Crippen molar-refractivity contribution in [3.05, 3.63) is 59.7 Å². The van der Waals surface area contributed by atoms with Crippen LogP contribution in [0.15, 0.2) is 53.4 Å². The summed E-state index contributed by atoms with van der Waals surface area (Å²) in [6.07, 6.45) is 1.05. The number of carbonyl (C=O) groups excluding carboxylic acids is 1. The second kappa shape index (κ2) is 7.70. The Hall–Kier alpha value is -2.39. The molecule has 0 aliphatic carbocycles. The van der Waals surface area contributed by atoms with Crippen molar-refractivity contribution < 1.29 is 21.6 Å². The Bertz CT molecular complexity index is 1190. The SMILES string of the molecule is CCN(C(=O)c1cccc(S(=O)(=O)N2CCc3ccccc32)c1)[C@H]1CCS(=O)(=O)C1. The normalized spacial score (nSPS) is 20.2. The second-order valence-corrected chi connectivity index (χ2v) is 11.7. The molecule has 2 heterocycles. The molecule has 7 nitrogen and oxygen atoms in total. The van der Waals surface area contributed by atoms with Gasteiger partial charge >= 0.3 is 0 Å². The fourth-order valence-corrected chi connectivity index (χ4v) is 7.51. The molecular weight excluding hydrogens is 424 g/mol. The van der Waals surface area contributed by atoms with Crippen LogP contribution in [0, 0.1) is 0 Å². The summed E-state index contributed by atoms with van der Waals surface area (Å²) in [5.74, 6) is -0.321. The minimum absolute atomic E-state index is 0.0465. The fraction of sp³-hybridized carbons (Fsp3) is 0.381. The average molecular weight is 449 g/mol. The molecule has 0 spiro atoms. The lowest BCUT2D eigenvalue weighted by molar-refractivity contribution is 0.0708. The Kier molecular flexibility index (Phi) is 5.36. The molecule has 4 rings (SSSR count). The molecule has 1 fully saturated rings. The van der Waals surface area contributed by atoms with E-state index in [1.807, 2.05) is 12.1 Å². The highest BCUT2D eigenvalue weighted by Gasteiger charge is 2.35. The number of sulfone groups is 1. The molecule has 1 atom stereocenters. The Morgan fingerprint density at radius 2 is 1.93 bits per heavy atom. The van der Waals surface area contributed by atoms with Crippen molar-refractivity contribution >= 4 is 31.5 Å². The molecule has 1 saturated heterocycles. The summed E-state index contributed by atoms with van der Waals surface area (Å²) in [7, 11) is -6.95. The van der Waals surface area contributed by atoms with E-state index in [0.717, 1.165) is 5.56 Å². The standard InChI is InChI=1S/C21H24N2O5S2/c1-2-22(18-11-13-29(25,26)15-18)21(24)17-7-5-8-19(14-17)30(27,28)23-12-10-16-6-3-4-9-20(16)23/h3-9,14,18H,2,10-13,15H2,1H3/t18-/m0/s1. The lowest BCUT2D eigenvalue weighted by Crippen LogP contribution is -2.41. The van der Waals surface area contributed by atoms with Crippen LogP contribution in [-0.2, 0) is 26.3 Å². The lowest BCUT2D eigenvalue weighted by Gasteiger charge is -2.27. The first-order valence-corrected chi connectivity index (χ1v) is 13.2. The van der Waals surface area contributed by atoms with Crippen LogP contribution in [0.1, 0.15) is 29.3 Å². The van der Waals surface area contributed by atoms with E-state index in [9.17, 15) is 21.6 Å². The van der Waals surface area contributed by atoms with E-state index >= 15 is 0 Å². The predicted octanol–water partition coefficient (Wildman–Crippen LogP) is 2.09. The summed E-state index contributed by atoms with van der Waals surface area (Å²) in [6.45, 7) is 2.51. The first kappa shape index (κ1) is 20.9. The molecule has 160 valence electrons. The van der Waals surface area contributed by atoms with Crippen LogP contribution >= 0.6 is 0 Å². The van der Waals surface area contributed by atoms with Crippen LogP contribution in [0.25, 0.3) is 0 Å². The van der Waals surface area contributed by atoms with E-state index in [4.69, 9.17) is 0 Å². The van der Waals surface area contributed by atoms with Crippen LogP contribution in [0.2, 0.25) is 0 Å². The predicted molar refractivity (Wildman–Crippen MR) is 115 cm³/mol. The van der Waals surface area contributed by atoms with Gasteiger partial charge < -0.3 is 4.90 Å². The zero-order chi connectivity index (χ0) is 21.5. The van der Waals surface area contributed by atoms with Crippen LogP contribution in [0.5, 0.6) is 0 Å². The van der Waals surface area contributed by atoms with Crippen LogP contribution in [0.4, 0.5) is 5.69 Å². The zero-order valence-corrected chi connectivity index (χ0v) is 18.3. The lowest BCUT2D eigenvalue weighted by atomic mass is 10.1. The number of carbonyl (C=O) groups is 1. The number of fused-ring (bicyclic) bond motifs is 1. The first-order chi connectivity index (χ1) is 14.2. The molecule has 9 heteroatoms. The minimum Gasteiger partial charge on any atom is -0.335 e. The third kappa shape index (κ3) is 3.72. The number of sulfonamides is 1. The fourth-order valence-electron chi connectivity index (χ4n) is 4.23. The van der Waals surface area contributed by atoms with Gasteiger partial charge in [0.25, 0.3) is 15.9 Å². The Morgan fingerprint density at radius 1 is 1.17 bits per heavy atom. The van der Waals surface area contributed by atoms with E-state index in [0.29, 0.717) is 31.6 Å². The molecule has 2 aromatic carbocycles. The van der Waals surface area contributed by atoms with Crippen molar-refractivity contribution in [1.29, 1.82) is 0 Å². The van der Waals surface area contributed by atoms with E-state index < -0.39 is 19.9 Å². The number of hydrogen-bond acceptors (Lipinski definition) is 5. The summed E-state index contributed by atoms with van der Waals surface area (Å²) in [4.78, 5) is 14.7. The summed E-state index contributed by atoms with van der Waals surface area (Å²) >= 11 is 0. The van der Waals surface area contributed by atoms with Gasteiger partial charge in [0.15, 0.2) is 9.84 Å². The minimum atomic E-state index is -3.81. The van der Waals surface area contributed by atoms with Gasteiger partial charge in [-0.15, -0.1) is 0 Å². The molecule has 2 aliphatic rings. The number of anilines is 1. The van der Waals surface area contributed by atoms with Crippen molar-refractivity contribution in [3.63, 3.8) is 0 Å². The highest BCUT2D eigenvalue weighted by molar-refractivity contribution is 7.93. The molecule has 0 radical (unpaired) electrons. The number of amides is 1. The molecular formula is C21H24N2O5S2. The Labute approximate surface area is 177 Å². The van der Waals surface area contributed by atoms with Crippen LogP contribution in [-0.4, -0.2) is 58.3 Å². The highest BCUT2D eigenvalue weighted by Crippen LogP contribution is 2.33. The number of para-hydroxylation sites is 1. The summed E-state index contributed by atoms with van der Waals surface area (Å²) in [5, 5.41) is 0. The molecule has 0 bridgehead atoms. The molecule has 0 N–H and O–H groups in total. The van der Waals surface area contributed by atoms with Gasteiger partial charge in [-0.3, -0.25) is 9.10 Å². The Balaban J connectivity index is 1.63. The molecule has 2 aromatic rings. The van der Waals surface area contributed by atoms with Crippen molar-refractivity contribution in [3.8, 4) is 0 Å². The smallest absolute Gasteiger partial charge is 0.264 e. The molecule has 0 unspecified atom stereocenters. The maximum atomic E-state index is 13.3. The monoisotopic (exact) mass is 448 g/mol. The van der Waals surface area contributed by atoms with E-state index in [-0.39, 0.29) is 33.9 Å². The van der Waals surface area contributed by atoms with Crippen molar-refractivity contribution in [2.45, 2.75) is 30.7 Å². The highest BCUT2D eigenvalue weighted by atomic mass is 32.2. The van der Waals surface area contributed by atoms with Gasteiger partial charge in [-0.2, -0.15) is 0 Å². The van der Waals surface area contributed by atoms with Crippen molar-refractivity contribution in [2.75, 3.05) is 28.9 Å². The van der Waals surface area contributed by atoms with Gasteiger partial charge in [0.1, 0.15) is 0 Å². The zero-order valence-electron chi connectivity index (χ0n) is 16.7. The van der Waals surface area contributed by atoms with Gasteiger partial charge in [-0.25, -0.2) is 16.8 Å². The number of benzene rings is 2. The maximum Gasteiger partial charge on any atom is 0.264 e. The van der Waals surface area contributed by atoms with Gasteiger partial charge in [-0.1, -0.05) is 24.3 Å². The first-order valence-electron chi connectivity index (χ1n) is 9.95. The topological polar surface area (TPSA) is 91.8 Å². The van der Waals surface area contributed by atoms with Crippen LogP contribution < -0.4 is 4.31 Å². The molecule has 0 saturated carbocycles. The van der Waals surface area contributed by atoms with Crippen molar-refractivity contribution in [1.82, 2.24) is 4.90 Å². The van der Waals surface area contributed by atoms with E-state index in [1.54, 1.807) is 31.2 Å². The maximum absolute atomic E-state index is 13.3. The quantitative estimate of drug-likeness (QED) is 0.698. The van der Waals surface area contributed by atoms with Gasteiger partial charge in [0.2, 0.25) is 0 Å². The Morgan fingerprint density at radius 3 is 2.63 bits per heavy atom. The second-order valence-electron chi connectivity index (χ2n) is 7.63. The van der Waals surface area contributed by atoms with Gasteiger partial charge in [-0.05, 0) is 49.6 Å². The number of nitrogens with zero attached hydrogens (tertiary/aromatic N) is 2. The molecule has 1 amide bonds. The summed E-state index contributed by atoms with van der Waals surface area (Å²) < 4.78 is 51.6. The van der Waals surface area contributed by atoms with Gasteiger partial charge in [0, 0.05) is 24.7 Å². The number of hydrogen-bond donors (Lipinski definition) is 0. The average Bonchev–Trinajstić information content (AvgIpc) is 3.32. The van der Waals surface area contributed by atoms with Crippen LogP contribution in [0.3, 0.4) is 0 Å². The molecule has 0 aromatic heterocycles. The van der Waals surface area contributed by atoms with Gasteiger partial charge in [0.05, 0.1) is 22.1 Å². The molecule has 2 aliphatic heterocycles. The largest absolute Gasteiger partial charge is 0.335 e. The third-order valence-corrected chi connectivity index (χ3v) is 9.32. The summed E-state index contributed by atoms with van der Waals surface area (Å²) in [6, 6.07) is 13.0. The number of rotatable bonds is 5.